The van der Waals surface area contributed by atoms with E-state index in [0.29, 0.717) is 0 Å². The SMILES string of the molecule is CCOc1cc(OCC)cc([PH+](C2CCCCC2)C2CCCCC2)c1.c1ccc([B-](c2ccccc2)(c2ccccc2)c2ccccc2)cc1. The zero-order valence-corrected chi connectivity index (χ0v) is 31.3. The third-order valence-corrected chi connectivity index (χ3v) is 15.0. The monoisotopic (exact) mass is 682 g/mol. The predicted molar refractivity (Wildman–Crippen MR) is 221 cm³/mol. The molecule has 2 fully saturated rings. The highest BCUT2D eigenvalue weighted by Gasteiger charge is 2.39. The van der Waals surface area contributed by atoms with Gasteiger partial charge in [0.15, 0.2) is 0 Å². The molecule has 0 spiro atoms. The standard InChI is InChI=1S/C24H20B.C22H35O2P/c1-5-13-21(14-6-1)25(22-15-7-2-8-16-22,23-17-9-3-10-18-23)24-19-11-4-12-20-24;1-3-23-18-15-19(24-4-2)17-22(16-18)25(20-11-7-5-8-12-20)21-13-9-6-10-14-21/h1-20H;15-17,20-21H,3-14H2,1-2H3/q-1;/p+1. The van der Waals surface area contributed by atoms with Crippen LogP contribution in [0.5, 0.6) is 11.5 Å². The fraction of sp³-hybridized carbons (Fsp3) is 0.348. The molecule has 0 N–H and O–H groups in total. The summed E-state index contributed by atoms with van der Waals surface area (Å²) < 4.78 is 11.8. The van der Waals surface area contributed by atoms with Crippen LogP contribution in [0.25, 0.3) is 0 Å². The molecule has 5 aromatic rings. The lowest BCUT2D eigenvalue weighted by Gasteiger charge is -2.44. The molecule has 5 aromatic carbocycles. The number of hydrogen-bond acceptors (Lipinski definition) is 2. The summed E-state index contributed by atoms with van der Waals surface area (Å²) in [6.45, 7) is 5.59. The van der Waals surface area contributed by atoms with Gasteiger partial charge in [-0.15, -0.1) is 0 Å². The lowest BCUT2D eigenvalue weighted by molar-refractivity contribution is 0.323. The third kappa shape index (κ3) is 8.55. The summed E-state index contributed by atoms with van der Waals surface area (Å²) in [7, 11) is -0.563. The van der Waals surface area contributed by atoms with Crippen molar-refractivity contribution in [1.82, 2.24) is 0 Å². The number of hydrogen-bond donors (Lipinski definition) is 0. The number of ether oxygens (including phenoxy) is 2. The van der Waals surface area contributed by atoms with Gasteiger partial charge >= 0.3 is 0 Å². The average molecular weight is 683 g/mol. The summed E-state index contributed by atoms with van der Waals surface area (Å²) in [4.78, 5) is 0. The Morgan fingerprint density at radius 1 is 0.460 bits per heavy atom. The van der Waals surface area contributed by atoms with Crippen LogP contribution in [-0.4, -0.2) is 30.7 Å². The summed E-state index contributed by atoms with van der Waals surface area (Å²) in [5.41, 5.74) is 7.26. The van der Waals surface area contributed by atoms with Gasteiger partial charge in [0.1, 0.15) is 17.6 Å². The molecule has 0 atom stereocenters. The van der Waals surface area contributed by atoms with Crippen LogP contribution in [0.15, 0.2) is 140 Å². The number of benzene rings is 5. The molecule has 7 rings (SSSR count). The van der Waals surface area contributed by atoms with Crippen LogP contribution in [0.2, 0.25) is 0 Å². The van der Waals surface area contributed by atoms with Crippen molar-refractivity contribution in [3.63, 3.8) is 0 Å². The maximum absolute atomic E-state index is 5.89. The van der Waals surface area contributed by atoms with Crippen LogP contribution >= 0.6 is 7.92 Å². The second kappa shape index (κ2) is 18.4. The fourth-order valence-electron chi connectivity index (χ4n) is 8.99. The van der Waals surface area contributed by atoms with Crippen LogP contribution in [0.4, 0.5) is 0 Å². The Morgan fingerprint density at radius 2 is 0.780 bits per heavy atom. The molecule has 0 radical (unpaired) electrons. The first kappa shape index (κ1) is 36.0. The van der Waals surface area contributed by atoms with E-state index in [-0.39, 0.29) is 0 Å². The lowest BCUT2D eigenvalue weighted by atomic mass is 9.13. The molecule has 0 saturated heterocycles. The zero-order chi connectivity index (χ0) is 34.4. The molecule has 0 aliphatic heterocycles. The maximum Gasteiger partial charge on any atom is 0.126 e. The van der Waals surface area contributed by atoms with Crippen molar-refractivity contribution in [2.45, 2.75) is 89.4 Å². The van der Waals surface area contributed by atoms with Crippen molar-refractivity contribution in [1.29, 1.82) is 0 Å². The van der Waals surface area contributed by atoms with Crippen molar-refractivity contribution in [3.8, 4) is 11.5 Å². The van der Waals surface area contributed by atoms with E-state index >= 15 is 0 Å². The highest BCUT2D eigenvalue weighted by molar-refractivity contribution is 7.67. The molecule has 260 valence electrons. The topological polar surface area (TPSA) is 18.5 Å². The van der Waals surface area contributed by atoms with Crippen molar-refractivity contribution < 1.29 is 9.47 Å². The van der Waals surface area contributed by atoms with Crippen molar-refractivity contribution >= 4 is 41.2 Å². The van der Waals surface area contributed by atoms with Gasteiger partial charge in [0.25, 0.3) is 0 Å². The van der Waals surface area contributed by atoms with E-state index in [1.165, 1.54) is 86.1 Å². The van der Waals surface area contributed by atoms with E-state index < -0.39 is 14.1 Å². The van der Waals surface area contributed by atoms with E-state index in [9.17, 15) is 0 Å². The van der Waals surface area contributed by atoms with Crippen LogP contribution in [0.1, 0.15) is 78.1 Å². The molecule has 2 aliphatic carbocycles. The van der Waals surface area contributed by atoms with Gasteiger partial charge in [-0.3, -0.25) is 0 Å². The Bertz CT molecular complexity index is 1480. The second-order valence-corrected chi connectivity index (χ2v) is 17.3. The Kier molecular flexibility index (Phi) is 13.3. The first-order valence-corrected chi connectivity index (χ1v) is 21.0. The quantitative estimate of drug-likeness (QED) is 0.102. The van der Waals surface area contributed by atoms with Gasteiger partial charge in [-0.2, -0.15) is 21.9 Å². The molecule has 4 heteroatoms. The van der Waals surface area contributed by atoms with Crippen molar-refractivity contribution in [3.05, 3.63) is 140 Å². The highest BCUT2D eigenvalue weighted by atomic mass is 31.1. The molecule has 50 heavy (non-hydrogen) atoms. The summed E-state index contributed by atoms with van der Waals surface area (Å²) in [6.07, 6.45) is 13.2. The van der Waals surface area contributed by atoms with Crippen molar-refractivity contribution in [2.24, 2.45) is 0 Å². The van der Waals surface area contributed by atoms with Gasteiger partial charge in [-0.05, 0) is 65.2 Å². The minimum absolute atomic E-state index is 0.563. The molecule has 0 aromatic heterocycles. The molecule has 0 unspecified atom stereocenters. The molecule has 0 amide bonds. The molecule has 2 saturated carbocycles. The van der Waals surface area contributed by atoms with Gasteiger partial charge < -0.3 is 9.47 Å². The third-order valence-electron chi connectivity index (χ3n) is 11.1. The molecule has 0 heterocycles. The summed E-state index contributed by atoms with van der Waals surface area (Å²) in [5.74, 6) is 2.02. The minimum atomic E-state index is -1.22. The lowest BCUT2D eigenvalue weighted by Crippen LogP contribution is -2.74. The predicted octanol–water partition coefficient (Wildman–Crippen LogP) is 9.05. The number of rotatable bonds is 11. The minimum Gasteiger partial charge on any atom is -0.494 e. The van der Waals surface area contributed by atoms with E-state index in [0.717, 1.165) is 36.0 Å². The zero-order valence-electron chi connectivity index (χ0n) is 30.3. The fourth-order valence-corrected chi connectivity index (χ4v) is 13.3. The first-order valence-electron chi connectivity index (χ1n) is 19.4. The van der Waals surface area contributed by atoms with Crippen LogP contribution < -0.4 is 36.6 Å². The highest BCUT2D eigenvalue weighted by Crippen LogP contribution is 2.55. The van der Waals surface area contributed by atoms with Crippen LogP contribution in [0.3, 0.4) is 0 Å². The average Bonchev–Trinajstić information content (AvgIpc) is 3.18. The Hall–Kier alpha value is -3.81. The molecule has 2 nitrogen and oxygen atoms in total. The van der Waals surface area contributed by atoms with Crippen LogP contribution in [-0.2, 0) is 0 Å². The van der Waals surface area contributed by atoms with E-state index in [4.69, 9.17) is 9.47 Å². The largest absolute Gasteiger partial charge is 0.494 e. The van der Waals surface area contributed by atoms with Gasteiger partial charge in [-0.25, -0.2) is 0 Å². The summed E-state index contributed by atoms with van der Waals surface area (Å²) in [6, 6.07) is 50.3. The van der Waals surface area contributed by atoms with Gasteiger partial charge in [0, 0.05) is 26.1 Å². The van der Waals surface area contributed by atoms with Gasteiger partial charge in [-0.1, -0.05) is 134 Å². The first-order chi connectivity index (χ1) is 24.7. The van der Waals surface area contributed by atoms with E-state index in [1.54, 1.807) is 5.30 Å². The normalized spacial score (nSPS) is 15.6. The molecular weight excluding hydrogens is 626 g/mol. The molecule has 2 aliphatic rings. The Balaban J connectivity index is 0.000000173. The Morgan fingerprint density at radius 3 is 1.08 bits per heavy atom. The molecular formula is C46H56BO2P. The van der Waals surface area contributed by atoms with Gasteiger partial charge in [0.05, 0.1) is 29.8 Å². The summed E-state index contributed by atoms with van der Waals surface area (Å²) >= 11 is 0. The van der Waals surface area contributed by atoms with Crippen LogP contribution in [0, 0.1) is 0 Å². The van der Waals surface area contributed by atoms with Gasteiger partial charge in [0.2, 0.25) is 0 Å². The smallest absolute Gasteiger partial charge is 0.126 e. The van der Waals surface area contributed by atoms with E-state index in [1.807, 2.05) is 0 Å². The molecule has 0 bridgehead atoms. The second-order valence-electron chi connectivity index (χ2n) is 14.2. The Labute approximate surface area is 303 Å². The van der Waals surface area contributed by atoms with E-state index in [2.05, 4.69) is 153 Å². The summed E-state index contributed by atoms with van der Waals surface area (Å²) in [5, 5.41) is 1.58. The van der Waals surface area contributed by atoms with Crippen molar-refractivity contribution in [2.75, 3.05) is 13.2 Å². The maximum atomic E-state index is 5.89.